The molecule has 0 saturated heterocycles. The van der Waals surface area contributed by atoms with Gasteiger partial charge in [-0.3, -0.25) is 4.79 Å². The normalized spacial score (nSPS) is 11.1. The number of benzene rings is 2. The van der Waals surface area contributed by atoms with Crippen LogP contribution in [0.5, 0.6) is 0 Å². The first kappa shape index (κ1) is 23.7. The van der Waals surface area contributed by atoms with Crippen LogP contribution < -0.4 is 5.73 Å². The lowest BCUT2D eigenvalue weighted by Gasteiger charge is -2.11. The summed E-state index contributed by atoms with van der Waals surface area (Å²) < 4.78 is 5.50. The number of hydrogen-bond acceptors (Lipinski definition) is 4. The van der Waals surface area contributed by atoms with Gasteiger partial charge in [0.1, 0.15) is 0 Å². The fourth-order valence-electron chi connectivity index (χ4n) is 3.96. The molecule has 1 heterocycles. The highest BCUT2D eigenvalue weighted by atomic mass is 16.5. The Bertz CT molecular complexity index is 992. The number of rotatable bonds is 13. The van der Waals surface area contributed by atoms with E-state index >= 15 is 0 Å². The number of hydrogen-bond donors (Lipinski definition) is 1. The molecule has 0 radical (unpaired) electrons. The van der Waals surface area contributed by atoms with Crippen molar-refractivity contribution in [3.05, 3.63) is 59.2 Å². The monoisotopic (exact) mass is 433 g/mol. The summed E-state index contributed by atoms with van der Waals surface area (Å²) >= 11 is 0. The molecule has 0 aliphatic heterocycles. The number of carbonyl (C=O) groups is 1. The average Bonchev–Trinajstić information content (AvgIpc) is 3.30. The van der Waals surface area contributed by atoms with E-state index in [1.54, 1.807) is 24.3 Å². The van der Waals surface area contributed by atoms with Gasteiger partial charge < -0.3 is 10.3 Å². The molecule has 3 rings (SSSR count). The summed E-state index contributed by atoms with van der Waals surface area (Å²) in [6.45, 7) is 4.49. The van der Waals surface area contributed by atoms with E-state index in [2.05, 4.69) is 42.2 Å². The van der Waals surface area contributed by atoms with E-state index in [0.29, 0.717) is 17.3 Å². The largest absolute Gasteiger partial charge is 0.366 e. The van der Waals surface area contributed by atoms with E-state index in [1.807, 2.05) is 0 Å². The minimum atomic E-state index is -0.455. The molecule has 3 aromatic rings. The highest BCUT2D eigenvalue weighted by Gasteiger charge is 2.13. The standard InChI is InChI=1S/C27H35N3O2/c1-3-5-7-8-10-12-23-19-24(18-13-20(23)11-9-6-4-2)26-29-27(32-30-26)22-16-14-21(15-17-22)25(28)31/h13-19H,3-12H2,1-2H3,(H2,28,31). The predicted octanol–water partition coefficient (Wildman–Crippen LogP) is 6.75. The van der Waals surface area contributed by atoms with E-state index in [0.717, 1.165) is 24.0 Å². The van der Waals surface area contributed by atoms with Gasteiger partial charge in [0.05, 0.1) is 0 Å². The van der Waals surface area contributed by atoms with E-state index < -0.39 is 5.91 Å². The Hall–Kier alpha value is -2.95. The summed E-state index contributed by atoms with van der Waals surface area (Å²) in [7, 11) is 0. The third kappa shape index (κ3) is 6.52. The highest BCUT2D eigenvalue weighted by molar-refractivity contribution is 5.93. The summed E-state index contributed by atoms with van der Waals surface area (Å²) in [6.07, 6.45) is 12.3. The van der Waals surface area contributed by atoms with E-state index in [1.165, 1.54) is 62.5 Å². The molecule has 5 nitrogen and oxygen atoms in total. The van der Waals surface area contributed by atoms with Gasteiger partial charge in [0, 0.05) is 16.7 Å². The lowest BCUT2D eigenvalue weighted by Crippen LogP contribution is -2.10. The Morgan fingerprint density at radius 1 is 0.812 bits per heavy atom. The first-order valence-electron chi connectivity index (χ1n) is 12.0. The van der Waals surface area contributed by atoms with Crippen molar-refractivity contribution in [3.8, 4) is 22.8 Å². The number of primary amides is 1. The van der Waals surface area contributed by atoms with Crippen LogP contribution in [0.1, 0.15) is 86.7 Å². The first-order valence-corrected chi connectivity index (χ1v) is 12.0. The number of carbonyl (C=O) groups excluding carboxylic acids is 1. The van der Waals surface area contributed by atoms with E-state index in [4.69, 9.17) is 10.3 Å². The average molecular weight is 434 g/mol. The van der Waals surface area contributed by atoms with Gasteiger partial charge in [0.25, 0.3) is 5.89 Å². The van der Waals surface area contributed by atoms with Crippen molar-refractivity contribution in [2.24, 2.45) is 5.73 Å². The second-order valence-corrected chi connectivity index (χ2v) is 8.47. The van der Waals surface area contributed by atoms with E-state index in [9.17, 15) is 4.79 Å². The number of nitrogens with zero attached hydrogens (tertiary/aromatic N) is 2. The minimum absolute atomic E-state index is 0.434. The lowest BCUT2D eigenvalue weighted by atomic mass is 9.94. The molecule has 5 heteroatoms. The van der Waals surface area contributed by atoms with Crippen molar-refractivity contribution < 1.29 is 9.32 Å². The van der Waals surface area contributed by atoms with Crippen LogP contribution in [0.4, 0.5) is 0 Å². The van der Waals surface area contributed by atoms with Crippen molar-refractivity contribution in [1.82, 2.24) is 10.1 Å². The zero-order valence-corrected chi connectivity index (χ0v) is 19.4. The van der Waals surface area contributed by atoms with Crippen LogP contribution in [0.25, 0.3) is 22.8 Å². The van der Waals surface area contributed by atoms with Gasteiger partial charge in [-0.1, -0.05) is 69.7 Å². The van der Waals surface area contributed by atoms with Gasteiger partial charge >= 0.3 is 0 Å². The Balaban J connectivity index is 1.77. The van der Waals surface area contributed by atoms with Crippen molar-refractivity contribution in [2.45, 2.75) is 78.1 Å². The molecule has 1 amide bonds. The van der Waals surface area contributed by atoms with Gasteiger partial charge in [0.15, 0.2) is 0 Å². The molecule has 0 spiro atoms. The second kappa shape index (κ2) is 12.2. The van der Waals surface area contributed by atoms with Gasteiger partial charge in [-0.2, -0.15) is 4.98 Å². The molecule has 0 aliphatic rings. The number of amides is 1. The predicted molar refractivity (Wildman–Crippen MR) is 129 cm³/mol. The molecule has 0 fully saturated rings. The molecule has 170 valence electrons. The summed E-state index contributed by atoms with van der Waals surface area (Å²) in [4.78, 5) is 15.9. The zero-order valence-electron chi connectivity index (χ0n) is 19.4. The van der Waals surface area contributed by atoms with Gasteiger partial charge in [-0.15, -0.1) is 0 Å². The molecule has 0 aliphatic carbocycles. The first-order chi connectivity index (χ1) is 15.6. The minimum Gasteiger partial charge on any atom is -0.366 e. The number of nitrogens with two attached hydrogens (primary N) is 1. The van der Waals surface area contributed by atoms with Crippen LogP contribution >= 0.6 is 0 Å². The molecular formula is C27H35N3O2. The molecule has 1 aromatic heterocycles. The maximum Gasteiger partial charge on any atom is 0.258 e. The van der Waals surface area contributed by atoms with Crippen LogP contribution in [0.15, 0.2) is 47.0 Å². The Kier molecular flexibility index (Phi) is 9.02. The molecule has 0 atom stereocenters. The van der Waals surface area contributed by atoms with Gasteiger partial charge in [-0.05, 0) is 67.1 Å². The molecule has 2 aromatic carbocycles. The summed E-state index contributed by atoms with van der Waals surface area (Å²) in [6, 6.07) is 13.5. The van der Waals surface area contributed by atoms with E-state index in [-0.39, 0.29) is 0 Å². The van der Waals surface area contributed by atoms with Crippen molar-refractivity contribution in [1.29, 1.82) is 0 Å². The molecular weight excluding hydrogens is 398 g/mol. The third-order valence-corrected chi connectivity index (χ3v) is 5.91. The molecule has 32 heavy (non-hydrogen) atoms. The van der Waals surface area contributed by atoms with Crippen LogP contribution in [0.3, 0.4) is 0 Å². The zero-order chi connectivity index (χ0) is 22.8. The SMILES string of the molecule is CCCCCCCc1cc(-c2noc(-c3ccc(C(N)=O)cc3)n2)ccc1CCCCC. The summed E-state index contributed by atoms with van der Waals surface area (Å²) in [5.41, 5.74) is 10.4. The topological polar surface area (TPSA) is 82.0 Å². The van der Waals surface area contributed by atoms with Crippen molar-refractivity contribution in [2.75, 3.05) is 0 Å². The number of aromatic nitrogens is 2. The van der Waals surface area contributed by atoms with Crippen LogP contribution in [0, 0.1) is 0 Å². The molecule has 0 unspecified atom stereocenters. The Labute approximate surface area is 191 Å². The molecule has 2 N–H and O–H groups in total. The molecule has 0 saturated carbocycles. The smallest absolute Gasteiger partial charge is 0.258 e. The third-order valence-electron chi connectivity index (χ3n) is 5.91. The fraction of sp³-hybridized carbons (Fsp3) is 0.444. The van der Waals surface area contributed by atoms with Gasteiger partial charge in [-0.25, -0.2) is 0 Å². The number of unbranched alkanes of at least 4 members (excludes halogenated alkanes) is 6. The van der Waals surface area contributed by atoms with Crippen molar-refractivity contribution in [3.63, 3.8) is 0 Å². The maximum absolute atomic E-state index is 11.3. The second-order valence-electron chi connectivity index (χ2n) is 8.47. The Morgan fingerprint density at radius 2 is 1.44 bits per heavy atom. The van der Waals surface area contributed by atoms with Crippen LogP contribution in [0.2, 0.25) is 0 Å². The summed E-state index contributed by atoms with van der Waals surface area (Å²) in [5.74, 6) is 0.569. The Morgan fingerprint density at radius 3 is 2.16 bits per heavy atom. The molecule has 0 bridgehead atoms. The fourth-order valence-corrected chi connectivity index (χ4v) is 3.96. The quantitative estimate of drug-likeness (QED) is 0.302. The summed E-state index contributed by atoms with van der Waals surface area (Å²) in [5, 5.41) is 4.21. The van der Waals surface area contributed by atoms with Crippen LogP contribution in [-0.2, 0) is 12.8 Å². The highest BCUT2D eigenvalue weighted by Crippen LogP contribution is 2.26. The van der Waals surface area contributed by atoms with Gasteiger partial charge in [0.2, 0.25) is 11.7 Å². The van der Waals surface area contributed by atoms with Crippen LogP contribution in [-0.4, -0.2) is 16.0 Å². The lowest BCUT2D eigenvalue weighted by molar-refractivity contribution is 0.100. The van der Waals surface area contributed by atoms with Crippen molar-refractivity contribution >= 4 is 5.91 Å². The number of aryl methyl sites for hydroxylation is 2. The maximum atomic E-state index is 11.3.